The minimum atomic E-state index is 0.124. The summed E-state index contributed by atoms with van der Waals surface area (Å²) in [7, 11) is 2.04. The van der Waals surface area contributed by atoms with E-state index in [0.717, 1.165) is 24.0 Å². The zero-order valence-electron chi connectivity index (χ0n) is 10.9. The molecule has 5 nitrogen and oxygen atoms in total. The summed E-state index contributed by atoms with van der Waals surface area (Å²) in [6.45, 7) is 2.93. The van der Waals surface area contributed by atoms with Crippen LogP contribution in [0.2, 0.25) is 0 Å². The number of pyridine rings is 1. The second kappa shape index (κ2) is 5.25. The summed E-state index contributed by atoms with van der Waals surface area (Å²) in [6.07, 6.45) is 3.96. The van der Waals surface area contributed by atoms with Crippen molar-refractivity contribution in [2.24, 2.45) is 16.8 Å². The van der Waals surface area contributed by atoms with Crippen molar-refractivity contribution in [1.29, 1.82) is 0 Å². The molecule has 0 amide bonds. The Kier molecular flexibility index (Phi) is 3.69. The van der Waals surface area contributed by atoms with Gasteiger partial charge in [-0.1, -0.05) is 11.6 Å². The summed E-state index contributed by atoms with van der Waals surface area (Å²) in [5.74, 6) is 1.78. The number of hydrogen-bond donors (Lipinski definition) is 2. The molecule has 3 N–H and O–H groups in total. The van der Waals surface area contributed by atoms with Gasteiger partial charge in [0.1, 0.15) is 5.82 Å². The van der Waals surface area contributed by atoms with Crippen molar-refractivity contribution in [3.63, 3.8) is 0 Å². The van der Waals surface area contributed by atoms with Gasteiger partial charge in [-0.3, -0.25) is 0 Å². The van der Waals surface area contributed by atoms with Gasteiger partial charge in [-0.2, -0.15) is 0 Å². The minimum absolute atomic E-state index is 0.124. The number of amidine groups is 1. The molecule has 1 aromatic heterocycles. The Labute approximate surface area is 107 Å². The molecule has 0 unspecified atom stereocenters. The molecule has 1 heterocycles. The van der Waals surface area contributed by atoms with Crippen molar-refractivity contribution < 1.29 is 5.21 Å². The molecule has 0 radical (unpaired) electrons. The van der Waals surface area contributed by atoms with Crippen LogP contribution in [0.15, 0.2) is 17.3 Å². The predicted octanol–water partition coefficient (Wildman–Crippen LogP) is 1.72. The molecule has 1 fully saturated rings. The molecule has 0 saturated heterocycles. The standard InChI is InChI=1S/C13H20N4O/c1-9-6-11(13(14)16-18)7-12(15-9)17(2)8-10-4-3-5-10/h6-7,10,18H,3-5,8H2,1-2H3,(H2,14,16). The molecular formula is C13H20N4O. The number of nitrogens with two attached hydrogens (primary N) is 1. The maximum absolute atomic E-state index is 8.73. The lowest BCUT2D eigenvalue weighted by atomic mass is 9.85. The first-order valence-electron chi connectivity index (χ1n) is 6.28. The number of aromatic nitrogens is 1. The van der Waals surface area contributed by atoms with Crippen LogP contribution in [0, 0.1) is 12.8 Å². The molecule has 18 heavy (non-hydrogen) atoms. The Hall–Kier alpha value is -1.78. The lowest BCUT2D eigenvalue weighted by molar-refractivity contribution is 0.318. The van der Waals surface area contributed by atoms with Gasteiger partial charge in [0.15, 0.2) is 5.84 Å². The van der Waals surface area contributed by atoms with Crippen LogP contribution in [0.1, 0.15) is 30.5 Å². The maximum atomic E-state index is 8.73. The second-order valence-electron chi connectivity index (χ2n) is 5.02. The number of oxime groups is 1. The highest BCUT2D eigenvalue weighted by atomic mass is 16.4. The Balaban J connectivity index is 2.18. The summed E-state index contributed by atoms with van der Waals surface area (Å²) in [4.78, 5) is 6.64. The van der Waals surface area contributed by atoms with E-state index in [0.29, 0.717) is 5.56 Å². The molecule has 1 aromatic rings. The van der Waals surface area contributed by atoms with Crippen LogP contribution >= 0.6 is 0 Å². The van der Waals surface area contributed by atoms with Crippen molar-refractivity contribution in [3.05, 3.63) is 23.4 Å². The average molecular weight is 248 g/mol. The summed E-state index contributed by atoms with van der Waals surface area (Å²) < 4.78 is 0. The molecule has 1 aliphatic rings. The van der Waals surface area contributed by atoms with E-state index in [2.05, 4.69) is 15.0 Å². The summed E-state index contributed by atoms with van der Waals surface area (Å²) in [6, 6.07) is 3.68. The second-order valence-corrected chi connectivity index (χ2v) is 5.02. The molecule has 0 aromatic carbocycles. The topological polar surface area (TPSA) is 74.7 Å². The molecule has 2 rings (SSSR count). The van der Waals surface area contributed by atoms with Gasteiger partial charge in [0, 0.05) is 24.8 Å². The number of rotatable bonds is 4. The van der Waals surface area contributed by atoms with Gasteiger partial charge < -0.3 is 15.8 Å². The highest BCUT2D eigenvalue weighted by Crippen LogP contribution is 2.28. The van der Waals surface area contributed by atoms with Crippen molar-refractivity contribution in [2.45, 2.75) is 26.2 Å². The van der Waals surface area contributed by atoms with Crippen LogP contribution in [0.25, 0.3) is 0 Å². The van der Waals surface area contributed by atoms with Gasteiger partial charge in [0.25, 0.3) is 0 Å². The van der Waals surface area contributed by atoms with Gasteiger partial charge in [0.2, 0.25) is 0 Å². The molecule has 98 valence electrons. The van der Waals surface area contributed by atoms with E-state index >= 15 is 0 Å². The highest BCUT2D eigenvalue weighted by molar-refractivity contribution is 5.97. The molecular weight excluding hydrogens is 228 g/mol. The maximum Gasteiger partial charge on any atom is 0.170 e. The Morgan fingerprint density at radius 2 is 2.28 bits per heavy atom. The van der Waals surface area contributed by atoms with Crippen LogP contribution in [-0.4, -0.2) is 29.6 Å². The van der Waals surface area contributed by atoms with E-state index < -0.39 is 0 Å². The van der Waals surface area contributed by atoms with Crippen molar-refractivity contribution >= 4 is 11.7 Å². The first-order chi connectivity index (χ1) is 8.60. The lowest BCUT2D eigenvalue weighted by Gasteiger charge is -2.31. The zero-order chi connectivity index (χ0) is 13.1. The van der Waals surface area contributed by atoms with Gasteiger partial charge in [-0.25, -0.2) is 4.98 Å². The molecule has 0 aliphatic heterocycles. The summed E-state index contributed by atoms with van der Waals surface area (Å²) >= 11 is 0. The zero-order valence-corrected chi connectivity index (χ0v) is 10.9. The van der Waals surface area contributed by atoms with Crippen LogP contribution in [-0.2, 0) is 0 Å². The average Bonchev–Trinajstić information content (AvgIpc) is 2.31. The Bertz CT molecular complexity index is 454. The number of hydrogen-bond acceptors (Lipinski definition) is 4. The normalized spacial score (nSPS) is 16.4. The smallest absolute Gasteiger partial charge is 0.170 e. The third-order valence-electron chi connectivity index (χ3n) is 3.49. The SMILES string of the molecule is Cc1cc(/C(N)=N/O)cc(N(C)CC2CCC2)n1. The first-order valence-corrected chi connectivity index (χ1v) is 6.28. The molecule has 0 spiro atoms. The molecule has 1 saturated carbocycles. The fourth-order valence-corrected chi connectivity index (χ4v) is 2.21. The van der Waals surface area contributed by atoms with E-state index in [1.165, 1.54) is 19.3 Å². The largest absolute Gasteiger partial charge is 0.409 e. The van der Waals surface area contributed by atoms with E-state index in [1.807, 2.05) is 26.1 Å². The fraction of sp³-hybridized carbons (Fsp3) is 0.538. The Morgan fingerprint density at radius 1 is 1.56 bits per heavy atom. The predicted molar refractivity (Wildman–Crippen MR) is 72.1 cm³/mol. The van der Waals surface area contributed by atoms with Crippen LogP contribution in [0.3, 0.4) is 0 Å². The van der Waals surface area contributed by atoms with E-state index in [4.69, 9.17) is 10.9 Å². The van der Waals surface area contributed by atoms with Crippen molar-refractivity contribution in [1.82, 2.24) is 4.98 Å². The number of anilines is 1. The van der Waals surface area contributed by atoms with Crippen LogP contribution < -0.4 is 10.6 Å². The highest BCUT2D eigenvalue weighted by Gasteiger charge is 2.20. The van der Waals surface area contributed by atoms with Gasteiger partial charge in [-0.15, -0.1) is 0 Å². The summed E-state index contributed by atoms with van der Waals surface area (Å²) in [5, 5.41) is 11.8. The van der Waals surface area contributed by atoms with E-state index in [-0.39, 0.29) is 5.84 Å². The van der Waals surface area contributed by atoms with E-state index in [9.17, 15) is 0 Å². The monoisotopic (exact) mass is 248 g/mol. The van der Waals surface area contributed by atoms with E-state index in [1.54, 1.807) is 0 Å². The summed E-state index contributed by atoms with van der Waals surface area (Å²) in [5.41, 5.74) is 7.20. The quantitative estimate of drug-likeness (QED) is 0.368. The van der Waals surface area contributed by atoms with Crippen molar-refractivity contribution in [2.75, 3.05) is 18.5 Å². The number of aryl methyl sites for hydroxylation is 1. The van der Waals surface area contributed by atoms with Gasteiger partial charge in [-0.05, 0) is 37.8 Å². The molecule has 0 bridgehead atoms. The molecule has 5 heteroatoms. The van der Waals surface area contributed by atoms with Crippen LogP contribution in [0.5, 0.6) is 0 Å². The molecule has 0 atom stereocenters. The lowest BCUT2D eigenvalue weighted by Crippen LogP contribution is -2.30. The van der Waals surface area contributed by atoms with Crippen LogP contribution in [0.4, 0.5) is 5.82 Å². The Morgan fingerprint density at radius 3 is 2.83 bits per heavy atom. The third-order valence-corrected chi connectivity index (χ3v) is 3.49. The van der Waals surface area contributed by atoms with Gasteiger partial charge >= 0.3 is 0 Å². The van der Waals surface area contributed by atoms with Gasteiger partial charge in [0.05, 0.1) is 0 Å². The first kappa shape index (κ1) is 12.7. The van der Waals surface area contributed by atoms with Crippen molar-refractivity contribution in [3.8, 4) is 0 Å². The number of nitrogens with zero attached hydrogens (tertiary/aromatic N) is 3. The molecule has 1 aliphatic carbocycles. The third kappa shape index (κ3) is 2.72. The fourth-order valence-electron chi connectivity index (χ4n) is 2.21. The minimum Gasteiger partial charge on any atom is -0.409 e.